The molecule has 0 bridgehead atoms. The van der Waals surface area contributed by atoms with Crippen LogP contribution in [0.15, 0.2) is 15.9 Å². The van der Waals surface area contributed by atoms with Crippen molar-refractivity contribution >= 4 is 27.3 Å². The molecule has 0 spiro atoms. The number of rotatable bonds is 5. The van der Waals surface area contributed by atoms with E-state index in [0.29, 0.717) is 0 Å². The van der Waals surface area contributed by atoms with Crippen molar-refractivity contribution in [3.05, 3.63) is 20.8 Å². The van der Waals surface area contributed by atoms with Gasteiger partial charge in [-0.2, -0.15) is 0 Å². The zero-order valence-electron chi connectivity index (χ0n) is 12.1. The maximum Gasteiger partial charge on any atom is 0.0317 e. The molecule has 1 heterocycles. The summed E-state index contributed by atoms with van der Waals surface area (Å²) >= 11 is 5.67. The van der Waals surface area contributed by atoms with Crippen molar-refractivity contribution in [3.8, 4) is 0 Å². The molecule has 2 rings (SSSR count). The fraction of sp³-hybridized carbons (Fsp3) is 0.750. The lowest BCUT2D eigenvalue weighted by Crippen LogP contribution is -2.29. The molecule has 0 aliphatic heterocycles. The quantitative estimate of drug-likeness (QED) is 0.703. The normalized spacial score (nSPS) is 24.6. The SMILES string of the molecule is CC(C)CNCC1CCCCCC1c1sccc1Br. The minimum absolute atomic E-state index is 0.748. The average molecular weight is 344 g/mol. The molecule has 1 aliphatic rings. The molecule has 0 saturated heterocycles. The van der Waals surface area contributed by atoms with Gasteiger partial charge in [0.2, 0.25) is 0 Å². The van der Waals surface area contributed by atoms with Crippen molar-refractivity contribution in [2.75, 3.05) is 13.1 Å². The second-order valence-corrected chi connectivity index (χ2v) is 7.99. The summed E-state index contributed by atoms with van der Waals surface area (Å²) in [6, 6.07) is 2.21. The molecule has 2 atom stereocenters. The number of thiophene rings is 1. The first-order chi connectivity index (χ1) is 9.18. The molecule has 3 heteroatoms. The van der Waals surface area contributed by atoms with E-state index in [4.69, 9.17) is 0 Å². The summed E-state index contributed by atoms with van der Waals surface area (Å²) in [5.41, 5.74) is 0. The Hall–Kier alpha value is 0.140. The van der Waals surface area contributed by atoms with Crippen LogP contribution in [-0.2, 0) is 0 Å². The lowest BCUT2D eigenvalue weighted by molar-refractivity contribution is 0.369. The molecule has 1 nitrogen and oxygen atoms in total. The predicted molar refractivity (Wildman–Crippen MR) is 89.0 cm³/mol. The number of halogens is 1. The Labute approximate surface area is 130 Å². The second kappa shape index (κ2) is 7.80. The van der Waals surface area contributed by atoms with Crippen LogP contribution in [-0.4, -0.2) is 13.1 Å². The molecule has 0 radical (unpaired) electrons. The fourth-order valence-electron chi connectivity index (χ4n) is 3.10. The van der Waals surface area contributed by atoms with Gasteiger partial charge in [-0.25, -0.2) is 0 Å². The topological polar surface area (TPSA) is 12.0 Å². The van der Waals surface area contributed by atoms with Crippen molar-refractivity contribution in [2.45, 2.75) is 51.9 Å². The van der Waals surface area contributed by atoms with Crippen LogP contribution in [0.3, 0.4) is 0 Å². The molecule has 1 N–H and O–H groups in total. The second-order valence-electron chi connectivity index (χ2n) is 6.19. The van der Waals surface area contributed by atoms with Crippen LogP contribution in [0.5, 0.6) is 0 Å². The van der Waals surface area contributed by atoms with E-state index in [1.54, 1.807) is 4.88 Å². The van der Waals surface area contributed by atoms with Crippen molar-refractivity contribution in [2.24, 2.45) is 11.8 Å². The van der Waals surface area contributed by atoms with Crippen LogP contribution in [0, 0.1) is 11.8 Å². The van der Waals surface area contributed by atoms with Crippen LogP contribution in [0.25, 0.3) is 0 Å². The molecule has 19 heavy (non-hydrogen) atoms. The Balaban J connectivity index is 2.01. The van der Waals surface area contributed by atoms with E-state index in [1.807, 2.05) is 11.3 Å². The van der Waals surface area contributed by atoms with Gasteiger partial charge in [-0.15, -0.1) is 11.3 Å². The van der Waals surface area contributed by atoms with Crippen molar-refractivity contribution in [3.63, 3.8) is 0 Å². The smallest absolute Gasteiger partial charge is 0.0317 e. The number of hydrogen-bond acceptors (Lipinski definition) is 2. The molecule has 2 unspecified atom stereocenters. The van der Waals surface area contributed by atoms with Gasteiger partial charge >= 0.3 is 0 Å². The lowest BCUT2D eigenvalue weighted by atomic mass is 9.86. The molecule has 108 valence electrons. The first kappa shape index (κ1) is 15.5. The summed E-state index contributed by atoms with van der Waals surface area (Å²) in [6.07, 6.45) is 6.98. The highest BCUT2D eigenvalue weighted by Gasteiger charge is 2.27. The molecule has 1 saturated carbocycles. The van der Waals surface area contributed by atoms with Gasteiger partial charge in [0.15, 0.2) is 0 Å². The van der Waals surface area contributed by atoms with E-state index >= 15 is 0 Å². The van der Waals surface area contributed by atoms with E-state index in [-0.39, 0.29) is 0 Å². The van der Waals surface area contributed by atoms with E-state index in [0.717, 1.165) is 24.3 Å². The molecular formula is C16H26BrNS. The van der Waals surface area contributed by atoms with Gasteiger partial charge in [0.1, 0.15) is 0 Å². The van der Waals surface area contributed by atoms with Gasteiger partial charge in [-0.3, -0.25) is 0 Å². The summed E-state index contributed by atoms with van der Waals surface area (Å²) in [4.78, 5) is 1.58. The zero-order valence-corrected chi connectivity index (χ0v) is 14.5. The molecule has 1 aliphatic carbocycles. The largest absolute Gasteiger partial charge is 0.316 e. The Kier molecular flexibility index (Phi) is 6.37. The van der Waals surface area contributed by atoms with Crippen LogP contribution in [0.4, 0.5) is 0 Å². The monoisotopic (exact) mass is 343 g/mol. The summed E-state index contributed by atoms with van der Waals surface area (Å²) in [5.74, 6) is 2.32. The van der Waals surface area contributed by atoms with Crippen LogP contribution < -0.4 is 5.32 Å². The highest BCUT2D eigenvalue weighted by atomic mass is 79.9. The Bertz CT molecular complexity index is 375. The standard InChI is InChI=1S/C16H26BrNS/c1-12(2)10-18-11-13-6-4-3-5-7-14(13)16-15(17)8-9-19-16/h8-9,12-14,18H,3-7,10-11H2,1-2H3. The van der Waals surface area contributed by atoms with Gasteiger partial charge in [-0.1, -0.05) is 33.1 Å². The van der Waals surface area contributed by atoms with E-state index < -0.39 is 0 Å². The highest BCUT2D eigenvalue weighted by Crippen LogP contribution is 2.41. The van der Waals surface area contributed by atoms with Gasteiger partial charge in [0.05, 0.1) is 0 Å². The van der Waals surface area contributed by atoms with E-state index in [9.17, 15) is 0 Å². The molecular weight excluding hydrogens is 318 g/mol. The Morgan fingerprint density at radius 1 is 1.32 bits per heavy atom. The number of hydrogen-bond donors (Lipinski definition) is 1. The van der Waals surface area contributed by atoms with E-state index in [2.05, 4.69) is 46.5 Å². The summed E-state index contributed by atoms with van der Waals surface area (Å²) in [6.45, 7) is 6.91. The van der Waals surface area contributed by atoms with Crippen molar-refractivity contribution < 1.29 is 0 Å². The summed E-state index contributed by atoms with van der Waals surface area (Å²) < 4.78 is 1.33. The molecule has 1 fully saturated rings. The van der Waals surface area contributed by atoms with E-state index in [1.165, 1.54) is 43.1 Å². The summed E-state index contributed by atoms with van der Waals surface area (Å²) in [7, 11) is 0. The minimum atomic E-state index is 0.748. The number of nitrogens with one attached hydrogen (secondary N) is 1. The zero-order chi connectivity index (χ0) is 13.7. The third-order valence-electron chi connectivity index (χ3n) is 4.10. The average Bonchev–Trinajstić information content (AvgIpc) is 2.65. The lowest BCUT2D eigenvalue weighted by Gasteiger charge is -2.25. The highest BCUT2D eigenvalue weighted by molar-refractivity contribution is 9.10. The minimum Gasteiger partial charge on any atom is -0.316 e. The van der Waals surface area contributed by atoms with Crippen molar-refractivity contribution in [1.29, 1.82) is 0 Å². The van der Waals surface area contributed by atoms with Crippen LogP contribution in [0.1, 0.15) is 56.7 Å². The summed E-state index contributed by atoms with van der Waals surface area (Å²) in [5, 5.41) is 5.91. The molecule has 0 amide bonds. The van der Waals surface area contributed by atoms with Crippen LogP contribution in [0.2, 0.25) is 0 Å². The first-order valence-corrected chi connectivity index (χ1v) is 9.29. The third-order valence-corrected chi connectivity index (χ3v) is 6.10. The van der Waals surface area contributed by atoms with Crippen molar-refractivity contribution in [1.82, 2.24) is 5.32 Å². The maximum atomic E-state index is 3.74. The molecule has 1 aromatic heterocycles. The first-order valence-electron chi connectivity index (χ1n) is 7.62. The predicted octanol–water partition coefficient (Wildman–Crippen LogP) is 5.42. The molecule has 1 aromatic rings. The molecule has 0 aromatic carbocycles. The Morgan fingerprint density at radius 2 is 2.11 bits per heavy atom. The van der Waals surface area contributed by atoms with Gasteiger partial charge in [0, 0.05) is 9.35 Å². The maximum absolute atomic E-state index is 3.74. The Morgan fingerprint density at radius 3 is 2.79 bits per heavy atom. The fourth-order valence-corrected chi connectivity index (χ4v) is 5.00. The van der Waals surface area contributed by atoms with Crippen LogP contribution >= 0.6 is 27.3 Å². The van der Waals surface area contributed by atoms with Gasteiger partial charge in [0.25, 0.3) is 0 Å². The van der Waals surface area contributed by atoms with Gasteiger partial charge < -0.3 is 5.32 Å². The van der Waals surface area contributed by atoms with Gasteiger partial charge in [-0.05, 0) is 71.1 Å². The third kappa shape index (κ3) is 4.57.